The Balaban J connectivity index is 1.74. The van der Waals surface area contributed by atoms with Crippen LogP contribution in [-0.2, 0) is 13.1 Å². The minimum atomic E-state index is 0.593. The van der Waals surface area contributed by atoms with Crippen LogP contribution in [0.4, 0.5) is 0 Å². The van der Waals surface area contributed by atoms with Crippen molar-refractivity contribution in [2.24, 2.45) is 0 Å². The van der Waals surface area contributed by atoms with Crippen LogP contribution in [0, 0.1) is 0 Å². The van der Waals surface area contributed by atoms with Crippen LogP contribution in [0.2, 0.25) is 0 Å². The van der Waals surface area contributed by atoms with Crippen LogP contribution in [0.5, 0.6) is 0 Å². The van der Waals surface area contributed by atoms with E-state index in [2.05, 4.69) is 31.2 Å². The van der Waals surface area contributed by atoms with E-state index >= 15 is 0 Å². The maximum absolute atomic E-state index is 4.24. The van der Waals surface area contributed by atoms with Crippen molar-refractivity contribution >= 4 is 0 Å². The summed E-state index contributed by atoms with van der Waals surface area (Å²) in [5, 5.41) is 3.50. The van der Waals surface area contributed by atoms with Crippen molar-refractivity contribution in [1.29, 1.82) is 0 Å². The van der Waals surface area contributed by atoms with Crippen molar-refractivity contribution in [2.45, 2.75) is 38.4 Å². The second-order valence-corrected chi connectivity index (χ2v) is 5.85. The summed E-state index contributed by atoms with van der Waals surface area (Å²) in [5.74, 6) is 0. The zero-order valence-electron chi connectivity index (χ0n) is 12.9. The predicted octanol–water partition coefficient (Wildman–Crippen LogP) is 2.02. The topological polar surface area (TPSA) is 53.9 Å². The lowest BCUT2D eigenvalue weighted by atomic mass is 10.1. The lowest BCUT2D eigenvalue weighted by Gasteiger charge is -2.31. The van der Waals surface area contributed by atoms with Crippen molar-refractivity contribution < 1.29 is 0 Å². The standard InChI is InChI=1S/C17H23N5/c1-3-15(9-19-7-1)12-22(13-16-10-20-14-21-11-16)17-4-2-6-18-8-5-17/h1,3,7,9-11,14,17-18H,2,4-6,8,12-13H2. The van der Waals surface area contributed by atoms with Gasteiger partial charge in [0.05, 0.1) is 0 Å². The van der Waals surface area contributed by atoms with Crippen LogP contribution in [0.15, 0.2) is 43.2 Å². The zero-order chi connectivity index (χ0) is 15.0. The number of nitrogens with one attached hydrogen (secondary N) is 1. The maximum atomic E-state index is 4.24. The first-order valence-corrected chi connectivity index (χ1v) is 7.99. The van der Waals surface area contributed by atoms with Crippen LogP contribution >= 0.6 is 0 Å². The normalized spacial score (nSPS) is 19.0. The van der Waals surface area contributed by atoms with Gasteiger partial charge in [0.1, 0.15) is 6.33 Å². The first-order chi connectivity index (χ1) is 10.9. The molecule has 0 radical (unpaired) electrons. The summed E-state index contributed by atoms with van der Waals surface area (Å²) in [6.07, 6.45) is 12.9. The van der Waals surface area contributed by atoms with E-state index in [0.717, 1.165) is 26.2 Å². The molecule has 2 aromatic rings. The van der Waals surface area contributed by atoms with Gasteiger partial charge in [-0.25, -0.2) is 9.97 Å². The van der Waals surface area contributed by atoms with Crippen LogP contribution in [0.25, 0.3) is 0 Å². The molecule has 1 saturated heterocycles. The molecule has 0 saturated carbocycles. The Kier molecular flexibility index (Phi) is 5.45. The third-order valence-electron chi connectivity index (χ3n) is 4.17. The van der Waals surface area contributed by atoms with E-state index in [1.54, 1.807) is 6.33 Å². The summed E-state index contributed by atoms with van der Waals surface area (Å²) in [6, 6.07) is 4.75. The Morgan fingerprint density at radius 2 is 1.82 bits per heavy atom. The molecule has 5 nitrogen and oxygen atoms in total. The van der Waals surface area contributed by atoms with Crippen LogP contribution in [-0.4, -0.2) is 39.0 Å². The van der Waals surface area contributed by atoms with Gasteiger partial charge < -0.3 is 5.32 Å². The molecule has 1 N–H and O–H groups in total. The molecule has 22 heavy (non-hydrogen) atoms. The summed E-state index contributed by atoms with van der Waals surface area (Å²) in [6.45, 7) is 4.04. The highest BCUT2D eigenvalue weighted by Crippen LogP contribution is 2.19. The zero-order valence-corrected chi connectivity index (χ0v) is 12.9. The average Bonchev–Trinajstić information content (AvgIpc) is 2.85. The predicted molar refractivity (Wildman–Crippen MR) is 86.0 cm³/mol. The second kappa shape index (κ2) is 7.96. The molecule has 1 aliphatic heterocycles. The lowest BCUT2D eigenvalue weighted by molar-refractivity contribution is 0.163. The number of nitrogens with zero attached hydrogens (tertiary/aromatic N) is 4. The van der Waals surface area contributed by atoms with E-state index in [4.69, 9.17) is 0 Å². The van der Waals surface area contributed by atoms with Gasteiger partial charge in [-0.15, -0.1) is 0 Å². The van der Waals surface area contributed by atoms with Crippen molar-refractivity contribution in [1.82, 2.24) is 25.2 Å². The molecule has 3 heterocycles. The number of rotatable bonds is 5. The van der Waals surface area contributed by atoms with Gasteiger partial charge in [0.2, 0.25) is 0 Å². The maximum Gasteiger partial charge on any atom is 0.115 e. The van der Waals surface area contributed by atoms with Crippen LogP contribution in [0.3, 0.4) is 0 Å². The van der Waals surface area contributed by atoms with Crippen molar-refractivity contribution in [2.75, 3.05) is 13.1 Å². The molecule has 3 rings (SSSR count). The van der Waals surface area contributed by atoms with Crippen molar-refractivity contribution in [3.05, 3.63) is 54.4 Å². The summed E-state index contributed by atoms with van der Waals surface area (Å²) in [7, 11) is 0. The first kappa shape index (κ1) is 15.1. The van der Waals surface area contributed by atoms with Gasteiger partial charge in [0.25, 0.3) is 0 Å². The molecule has 2 aromatic heterocycles. The quantitative estimate of drug-likeness (QED) is 0.915. The van der Waals surface area contributed by atoms with Gasteiger partial charge in [0, 0.05) is 49.5 Å². The molecule has 0 aromatic carbocycles. The minimum Gasteiger partial charge on any atom is -0.317 e. The minimum absolute atomic E-state index is 0.593. The molecule has 5 heteroatoms. The van der Waals surface area contributed by atoms with Crippen molar-refractivity contribution in [3.63, 3.8) is 0 Å². The van der Waals surface area contributed by atoms with Crippen LogP contribution < -0.4 is 5.32 Å². The third kappa shape index (κ3) is 4.32. The van der Waals surface area contributed by atoms with Crippen molar-refractivity contribution in [3.8, 4) is 0 Å². The van der Waals surface area contributed by atoms with E-state index < -0.39 is 0 Å². The molecule has 0 amide bonds. The van der Waals surface area contributed by atoms with E-state index in [1.165, 1.54) is 30.4 Å². The third-order valence-corrected chi connectivity index (χ3v) is 4.17. The molecule has 0 aliphatic carbocycles. The van der Waals surface area contributed by atoms with E-state index in [-0.39, 0.29) is 0 Å². The smallest absolute Gasteiger partial charge is 0.115 e. The first-order valence-electron chi connectivity index (χ1n) is 7.99. The number of pyridine rings is 1. The van der Waals surface area contributed by atoms with Gasteiger partial charge in [0.15, 0.2) is 0 Å². The van der Waals surface area contributed by atoms with Gasteiger partial charge in [-0.05, 0) is 44.0 Å². The van der Waals surface area contributed by atoms with Crippen LogP contribution in [0.1, 0.15) is 30.4 Å². The molecule has 1 fully saturated rings. The fourth-order valence-electron chi connectivity index (χ4n) is 3.05. The second-order valence-electron chi connectivity index (χ2n) is 5.85. The lowest BCUT2D eigenvalue weighted by Crippen LogP contribution is -2.35. The summed E-state index contributed by atoms with van der Waals surface area (Å²) in [4.78, 5) is 15.1. The number of aromatic nitrogens is 3. The van der Waals surface area contributed by atoms with E-state index in [9.17, 15) is 0 Å². The molecular weight excluding hydrogens is 274 g/mol. The Bertz CT molecular complexity index is 496. The highest BCUT2D eigenvalue weighted by molar-refractivity contribution is 5.10. The fraction of sp³-hybridized carbons (Fsp3) is 0.471. The highest BCUT2D eigenvalue weighted by Gasteiger charge is 2.20. The summed E-state index contributed by atoms with van der Waals surface area (Å²) < 4.78 is 0. The Hall–Kier alpha value is -1.85. The monoisotopic (exact) mass is 297 g/mol. The fourth-order valence-corrected chi connectivity index (χ4v) is 3.05. The SMILES string of the molecule is c1cncc(CN(Cc2cncnc2)C2CCCNCC2)c1. The van der Waals surface area contributed by atoms with Gasteiger partial charge in [-0.1, -0.05) is 6.07 Å². The average molecular weight is 297 g/mol. The molecule has 0 spiro atoms. The van der Waals surface area contributed by atoms with Gasteiger partial charge >= 0.3 is 0 Å². The molecule has 116 valence electrons. The van der Waals surface area contributed by atoms with Gasteiger partial charge in [-0.3, -0.25) is 9.88 Å². The van der Waals surface area contributed by atoms with Gasteiger partial charge in [-0.2, -0.15) is 0 Å². The molecule has 1 aliphatic rings. The summed E-state index contributed by atoms with van der Waals surface area (Å²) >= 11 is 0. The molecule has 1 atom stereocenters. The Morgan fingerprint density at radius 3 is 2.64 bits per heavy atom. The molecule has 0 bridgehead atoms. The number of hydrogen-bond acceptors (Lipinski definition) is 5. The Labute approximate surface area is 131 Å². The molecule has 1 unspecified atom stereocenters. The highest BCUT2D eigenvalue weighted by atomic mass is 15.2. The van der Waals surface area contributed by atoms with E-state index in [0.29, 0.717) is 6.04 Å². The largest absolute Gasteiger partial charge is 0.317 e. The molecular formula is C17H23N5. The Morgan fingerprint density at radius 1 is 1.00 bits per heavy atom. The van der Waals surface area contributed by atoms with E-state index in [1.807, 2.05) is 30.9 Å². The summed E-state index contributed by atoms with van der Waals surface area (Å²) in [5.41, 5.74) is 2.43. The number of hydrogen-bond donors (Lipinski definition) is 1.